The van der Waals surface area contributed by atoms with Crippen molar-refractivity contribution in [1.82, 2.24) is 19.9 Å². The molecule has 4 rings (SSSR count). The number of rotatable bonds is 6. The van der Waals surface area contributed by atoms with Crippen molar-refractivity contribution in [3.63, 3.8) is 0 Å². The summed E-state index contributed by atoms with van der Waals surface area (Å²) in [6.07, 6.45) is 3.09. The van der Waals surface area contributed by atoms with Crippen LogP contribution in [0.15, 0.2) is 70.2 Å². The van der Waals surface area contributed by atoms with Gasteiger partial charge in [0, 0.05) is 41.6 Å². The molecule has 2 heterocycles. The van der Waals surface area contributed by atoms with Gasteiger partial charge in [-0.15, -0.1) is 10.2 Å². The van der Waals surface area contributed by atoms with Crippen LogP contribution in [-0.4, -0.2) is 29.5 Å². The van der Waals surface area contributed by atoms with Gasteiger partial charge in [-0.3, -0.25) is 9.78 Å². The lowest BCUT2D eigenvalue weighted by Gasteiger charge is -2.09. The van der Waals surface area contributed by atoms with Crippen LogP contribution in [0.25, 0.3) is 22.2 Å². The van der Waals surface area contributed by atoms with Crippen molar-refractivity contribution < 1.29 is 17.6 Å². The Morgan fingerprint density at radius 2 is 1.87 bits per heavy atom. The number of aryl methyl sites for hydroxylation is 2. The van der Waals surface area contributed by atoms with Crippen LogP contribution in [0.4, 0.5) is 0 Å². The summed E-state index contributed by atoms with van der Waals surface area (Å²) in [4.78, 5) is 16.3. The van der Waals surface area contributed by atoms with E-state index in [9.17, 15) is 13.2 Å². The Labute approximate surface area is 173 Å². The predicted octanol–water partition coefficient (Wildman–Crippen LogP) is 3.03. The molecular weight excluding hydrogens is 404 g/mol. The predicted molar refractivity (Wildman–Crippen MR) is 110 cm³/mol. The molecule has 0 atom stereocenters. The number of carbonyl (C=O) groups is 1. The molecule has 0 unspecified atom stereocenters. The van der Waals surface area contributed by atoms with Gasteiger partial charge in [0.15, 0.2) is 0 Å². The molecule has 2 aromatic carbocycles. The fourth-order valence-electron chi connectivity index (χ4n) is 2.97. The van der Waals surface area contributed by atoms with Gasteiger partial charge >= 0.3 is 0 Å². The van der Waals surface area contributed by atoms with Gasteiger partial charge in [0.1, 0.15) is 0 Å². The number of carbonyl (C=O) groups excluding carboxylic acids is 1. The lowest BCUT2D eigenvalue weighted by Crippen LogP contribution is -2.30. The highest BCUT2D eigenvalue weighted by Gasteiger charge is 2.20. The first-order valence-electron chi connectivity index (χ1n) is 9.20. The van der Waals surface area contributed by atoms with Crippen LogP contribution in [0.2, 0.25) is 0 Å². The van der Waals surface area contributed by atoms with Gasteiger partial charge in [0.25, 0.3) is 10.0 Å². The van der Waals surface area contributed by atoms with Crippen molar-refractivity contribution in [2.75, 3.05) is 0 Å². The molecular formula is C21H18N4O4S. The summed E-state index contributed by atoms with van der Waals surface area (Å²) in [6.45, 7) is 1.98. The molecule has 4 aromatic rings. The molecule has 9 heteroatoms. The van der Waals surface area contributed by atoms with Crippen LogP contribution in [0, 0.1) is 6.92 Å². The van der Waals surface area contributed by atoms with Gasteiger partial charge in [-0.1, -0.05) is 29.8 Å². The number of hydrogen-bond donors (Lipinski definition) is 1. The van der Waals surface area contributed by atoms with Gasteiger partial charge in [-0.2, -0.15) is 0 Å². The van der Waals surface area contributed by atoms with E-state index in [2.05, 4.69) is 19.9 Å². The van der Waals surface area contributed by atoms with E-state index in [0.29, 0.717) is 16.7 Å². The van der Waals surface area contributed by atoms with E-state index in [1.54, 1.807) is 24.4 Å². The Hall–Kier alpha value is -3.59. The fraction of sp³-hybridized carbons (Fsp3) is 0.143. The minimum absolute atomic E-state index is 0.0233. The van der Waals surface area contributed by atoms with Crippen molar-refractivity contribution in [3.8, 4) is 11.5 Å². The molecule has 0 aliphatic carbocycles. The zero-order chi connectivity index (χ0) is 21.1. The zero-order valence-corrected chi connectivity index (χ0v) is 16.9. The highest BCUT2D eigenvalue weighted by molar-refractivity contribution is 7.90. The maximum Gasteiger partial charge on any atom is 0.264 e. The summed E-state index contributed by atoms with van der Waals surface area (Å²) >= 11 is 0. The summed E-state index contributed by atoms with van der Waals surface area (Å²) in [6, 6.07) is 14.0. The monoisotopic (exact) mass is 422 g/mol. The normalized spacial score (nSPS) is 11.5. The van der Waals surface area contributed by atoms with E-state index in [1.807, 2.05) is 31.2 Å². The van der Waals surface area contributed by atoms with Gasteiger partial charge in [-0.05, 0) is 31.2 Å². The number of benzene rings is 2. The van der Waals surface area contributed by atoms with Crippen molar-refractivity contribution in [2.45, 2.75) is 24.7 Å². The molecule has 0 saturated heterocycles. The first-order valence-corrected chi connectivity index (χ1v) is 10.7. The summed E-state index contributed by atoms with van der Waals surface area (Å²) in [7, 11) is -4.03. The maximum atomic E-state index is 12.7. The molecule has 0 radical (unpaired) electrons. The quantitative estimate of drug-likeness (QED) is 0.508. The Morgan fingerprint density at radius 1 is 1.07 bits per heavy atom. The molecule has 2 aromatic heterocycles. The topological polar surface area (TPSA) is 115 Å². The largest absolute Gasteiger partial charge is 0.421 e. The third-order valence-electron chi connectivity index (χ3n) is 4.51. The summed E-state index contributed by atoms with van der Waals surface area (Å²) in [5, 5.41) is 9.07. The van der Waals surface area contributed by atoms with Gasteiger partial charge < -0.3 is 4.42 Å². The van der Waals surface area contributed by atoms with Crippen LogP contribution in [0.3, 0.4) is 0 Å². The average Bonchev–Trinajstić information content (AvgIpc) is 3.21. The Kier molecular flexibility index (Phi) is 5.28. The van der Waals surface area contributed by atoms with Gasteiger partial charge in [0.2, 0.25) is 17.7 Å². The minimum atomic E-state index is -4.03. The van der Waals surface area contributed by atoms with Crippen LogP contribution < -0.4 is 4.72 Å². The summed E-state index contributed by atoms with van der Waals surface area (Å²) in [5.41, 5.74) is 1.88. The van der Waals surface area contributed by atoms with E-state index in [-0.39, 0.29) is 23.6 Å². The second-order valence-electron chi connectivity index (χ2n) is 6.75. The molecule has 30 heavy (non-hydrogen) atoms. The van der Waals surface area contributed by atoms with E-state index in [4.69, 9.17) is 4.42 Å². The molecule has 0 aliphatic heterocycles. The molecule has 0 aliphatic rings. The molecule has 0 saturated carbocycles. The molecule has 1 N–H and O–H groups in total. The van der Waals surface area contributed by atoms with Crippen LogP contribution in [-0.2, 0) is 21.2 Å². The van der Waals surface area contributed by atoms with Crippen molar-refractivity contribution in [1.29, 1.82) is 0 Å². The maximum absolute atomic E-state index is 12.7. The highest BCUT2D eigenvalue weighted by Crippen LogP contribution is 2.22. The Bertz CT molecular complexity index is 1310. The van der Waals surface area contributed by atoms with Crippen molar-refractivity contribution in [3.05, 3.63) is 72.4 Å². The van der Waals surface area contributed by atoms with E-state index < -0.39 is 15.9 Å². The second kappa shape index (κ2) is 8.03. The number of amides is 1. The minimum Gasteiger partial charge on any atom is -0.421 e. The second-order valence-corrected chi connectivity index (χ2v) is 8.40. The van der Waals surface area contributed by atoms with Crippen molar-refractivity contribution >= 4 is 26.7 Å². The fourth-order valence-corrected chi connectivity index (χ4v) is 4.22. The number of hydrogen-bond acceptors (Lipinski definition) is 7. The first-order chi connectivity index (χ1) is 14.4. The third kappa shape index (κ3) is 4.20. The number of aromatic nitrogens is 3. The number of sulfonamides is 1. The standard InChI is InChI=1S/C21H18N4O4S/c1-14-5-7-15(8-6-14)21-24-23-20(29-21)10-9-19(26)25-30(27,28)18-4-2-3-16-13-22-12-11-17(16)18/h2-8,11-13H,9-10H2,1H3,(H,25,26). The smallest absolute Gasteiger partial charge is 0.264 e. The Balaban J connectivity index is 1.43. The highest BCUT2D eigenvalue weighted by atomic mass is 32.2. The molecule has 152 valence electrons. The zero-order valence-electron chi connectivity index (χ0n) is 16.1. The number of nitrogens with one attached hydrogen (secondary N) is 1. The molecule has 0 spiro atoms. The van der Waals surface area contributed by atoms with Crippen LogP contribution >= 0.6 is 0 Å². The van der Waals surface area contributed by atoms with Crippen LogP contribution in [0.5, 0.6) is 0 Å². The van der Waals surface area contributed by atoms with E-state index >= 15 is 0 Å². The number of nitrogens with zero attached hydrogens (tertiary/aromatic N) is 3. The SMILES string of the molecule is Cc1ccc(-c2nnc(CCC(=O)NS(=O)(=O)c3cccc4cnccc34)o2)cc1. The van der Waals surface area contributed by atoms with Crippen molar-refractivity contribution in [2.24, 2.45) is 0 Å². The molecule has 0 bridgehead atoms. The number of pyridine rings is 1. The molecule has 1 amide bonds. The van der Waals surface area contributed by atoms with Gasteiger partial charge in [0.05, 0.1) is 4.90 Å². The summed E-state index contributed by atoms with van der Waals surface area (Å²) < 4.78 is 33.0. The number of fused-ring (bicyclic) bond motifs is 1. The third-order valence-corrected chi connectivity index (χ3v) is 5.94. The molecule has 8 nitrogen and oxygen atoms in total. The van der Waals surface area contributed by atoms with E-state index in [1.165, 1.54) is 12.3 Å². The van der Waals surface area contributed by atoms with E-state index in [0.717, 1.165) is 11.1 Å². The summed E-state index contributed by atoms with van der Waals surface area (Å²) in [5.74, 6) is -0.0482. The lowest BCUT2D eigenvalue weighted by atomic mass is 10.1. The average molecular weight is 422 g/mol. The Morgan fingerprint density at radius 3 is 2.67 bits per heavy atom. The first kappa shape index (κ1) is 19.7. The van der Waals surface area contributed by atoms with Crippen LogP contribution in [0.1, 0.15) is 17.9 Å². The lowest BCUT2D eigenvalue weighted by molar-refractivity contribution is -0.119. The molecule has 0 fully saturated rings. The van der Waals surface area contributed by atoms with Gasteiger partial charge in [-0.25, -0.2) is 13.1 Å².